The first-order valence-electron chi connectivity index (χ1n) is 18.3. The summed E-state index contributed by atoms with van der Waals surface area (Å²) in [7, 11) is 3.13. The number of likely N-dealkylation sites (tertiary alicyclic amines) is 1. The summed E-state index contributed by atoms with van der Waals surface area (Å²) in [5.41, 5.74) is -0.354. The van der Waals surface area contributed by atoms with Gasteiger partial charge < -0.3 is 36.4 Å². The Labute approximate surface area is 307 Å². The van der Waals surface area contributed by atoms with Gasteiger partial charge in [-0.3, -0.25) is 28.8 Å². The van der Waals surface area contributed by atoms with Gasteiger partial charge in [0.25, 0.3) is 5.91 Å². The van der Waals surface area contributed by atoms with Crippen molar-refractivity contribution in [3.05, 3.63) is 35.9 Å². The molecule has 1 aliphatic heterocycles. The SMILES string of the molecule is CCCCC(NC(=O)[C@@H]1C2[C@H](CN1C(=O)[C@@H](NC(=O)NC(C)CC)C(C)(C)C)C2(C)C)C(=O)C(=O)NCC(=O)N[C@H](C(=O)N(C)C)c1ccccc1. The number of hydrogen-bond acceptors (Lipinski definition) is 7. The molecule has 1 aromatic carbocycles. The number of fused-ring (bicyclic) bond motifs is 1. The van der Waals surface area contributed by atoms with E-state index in [2.05, 4.69) is 26.6 Å². The zero-order valence-corrected chi connectivity index (χ0v) is 32.4. The summed E-state index contributed by atoms with van der Waals surface area (Å²) in [5.74, 6) is -4.09. The minimum atomic E-state index is -1.20. The first-order chi connectivity index (χ1) is 24.3. The number of carbonyl (C=O) groups is 7. The smallest absolute Gasteiger partial charge is 0.315 e. The van der Waals surface area contributed by atoms with Gasteiger partial charge in [0.2, 0.25) is 29.4 Å². The molecule has 0 aromatic heterocycles. The normalized spacial score (nSPS) is 21.0. The number of unbranched alkanes of at least 4 members (excludes halogenated alkanes) is 1. The largest absolute Gasteiger partial charge is 0.347 e. The van der Waals surface area contributed by atoms with Gasteiger partial charge in [0.15, 0.2) is 0 Å². The molecule has 3 unspecified atom stereocenters. The predicted octanol–water partition coefficient (Wildman–Crippen LogP) is 2.29. The summed E-state index contributed by atoms with van der Waals surface area (Å²) < 4.78 is 0. The Balaban J connectivity index is 1.75. The molecule has 5 N–H and O–H groups in total. The van der Waals surface area contributed by atoms with Crippen LogP contribution < -0.4 is 26.6 Å². The first kappa shape index (κ1) is 41.9. The maximum Gasteiger partial charge on any atom is 0.315 e. The van der Waals surface area contributed by atoms with Crippen LogP contribution in [0.5, 0.6) is 0 Å². The summed E-state index contributed by atoms with van der Waals surface area (Å²) in [5, 5.41) is 13.4. The van der Waals surface area contributed by atoms with Gasteiger partial charge in [-0.2, -0.15) is 0 Å². The lowest BCUT2D eigenvalue weighted by Crippen LogP contribution is -2.61. The van der Waals surface area contributed by atoms with Crippen LogP contribution in [0.15, 0.2) is 30.3 Å². The summed E-state index contributed by atoms with van der Waals surface area (Å²) in [6.07, 6.45) is 2.11. The molecule has 1 saturated heterocycles. The number of benzene rings is 1. The van der Waals surface area contributed by atoms with Gasteiger partial charge in [0, 0.05) is 26.7 Å². The van der Waals surface area contributed by atoms with E-state index in [1.165, 1.54) is 9.80 Å². The fourth-order valence-electron chi connectivity index (χ4n) is 6.87. The molecule has 0 bridgehead atoms. The zero-order chi connectivity index (χ0) is 39.1. The van der Waals surface area contributed by atoms with Crippen molar-refractivity contribution in [2.75, 3.05) is 27.2 Å². The van der Waals surface area contributed by atoms with E-state index in [-0.39, 0.29) is 35.6 Å². The van der Waals surface area contributed by atoms with Gasteiger partial charge >= 0.3 is 6.03 Å². The molecule has 1 aliphatic carbocycles. The predicted molar refractivity (Wildman–Crippen MR) is 196 cm³/mol. The van der Waals surface area contributed by atoms with E-state index in [1.54, 1.807) is 44.4 Å². The van der Waals surface area contributed by atoms with Crippen molar-refractivity contribution in [3.8, 4) is 0 Å². The van der Waals surface area contributed by atoms with Gasteiger partial charge in [-0.1, -0.05) is 91.6 Å². The topological polar surface area (TPSA) is 186 Å². The van der Waals surface area contributed by atoms with Crippen LogP contribution in [0.3, 0.4) is 0 Å². The van der Waals surface area contributed by atoms with Gasteiger partial charge in [0.05, 0.1) is 12.6 Å². The second-order valence-electron chi connectivity index (χ2n) is 16.0. The highest BCUT2D eigenvalue weighted by Crippen LogP contribution is 2.65. The second-order valence-corrected chi connectivity index (χ2v) is 16.0. The quantitative estimate of drug-likeness (QED) is 0.162. The highest BCUT2D eigenvalue weighted by molar-refractivity contribution is 6.38. The van der Waals surface area contributed by atoms with Crippen LogP contribution in [-0.4, -0.2) is 103 Å². The van der Waals surface area contributed by atoms with E-state index in [1.807, 2.05) is 55.4 Å². The van der Waals surface area contributed by atoms with Crippen LogP contribution in [-0.2, 0) is 28.8 Å². The number of likely N-dealkylation sites (N-methyl/N-ethyl adjacent to an activating group) is 1. The maximum atomic E-state index is 14.2. The van der Waals surface area contributed by atoms with Gasteiger partial charge in [-0.15, -0.1) is 0 Å². The van der Waals surface area contributed by atoms with E-state index in [9.17, 15) is 33.6 Å². The number of Topliss-reactive ketones (excluding diaryl/α,β-unsaturated/α-hetero) is 1. The van der Waals surface area contributed by atoms with Crippen molar-refractivity contribution < 1.29 is 33.6 Å². The van der Waals surface area contributed by atoms with Crippen LogP contribution in [0.1, 0.15) is 92.7 Å². The number of hydrogen-bond donors (Lipinski definition) is 5. The Kier molecular flexibility index (Phi) is 14.0. The van der Waals surface area contributed by atoms with E-state index in [0.29, 0.717) is 31.4 Å². The monoisotopic (exact) mass is 725 g/mol. The number of nitrogens with one attached hydrogen (secondary N) is 5. The highest BCUT2D eigenvalue weighted by Gasteiger charge is 2.70. The summed E-state index contributed by atoms with van der Waals surface area (Å²) in [6, 6.07) is 4.04. The highest BCUT2D eigenvalue weighted by atomic mass is 16.2. The van der Waals surface area contributed by atoms with Crippen molar-refractivity contribution in [1.82, 2.24) is 36.4 Å². The summed E-state index contributed by atoms with van der Waals surface area (Å²) in [6.45, 7) is 15.1. The Morgan fingerprint density at radius 1 is 0.942 bits per heavy atom. The average molecular weight is 726 g/mol. The minimum absolute atomic E-state index is 0.0486. The van der Waals surface area contributed by atoms with Crippen molar-refractivity contribution in [1.29, 1.82) is 0 Å². The summed E-state index contributed by atoms with van der Waals surface area (Å²) >= 11 is 0. The van der Waals surface area contributed by atoms with Crippen LogP contribution in [0.25, 0.3) is 0 Å². The van der Waals surface area contributed by atoms with Gasteiger partial charge in [-0.05, 0) is 48.0 Å². The third kappa shape index (κ3) is 10.1. The molecule has 14 heteroatoms. The zero-order valence-electron chi connectivity index (χ0n) is 32.4. The molecule has 1 saturated carbocycles. The number of urea groups is 1. The van der Waals surface area contributed by atoms with Crippen molar-refractivity contribution >= 4 is 41.4 Å². The molecule has 7 atom stereocenters. The van der Waals surface area contributed by atoms with Crippen LogP contribution in [0.4, 0.5) is 4.79 Å². The van der Waals surface area contributed by atoms with E-state index in [0.717, 1.165) is 0 Å². The number of carbonyl (C=O) groups excluding carboxylic acids is 7. The van der Waals surface area contributed by atoms with Gasteiger partial charge in [0.1, 0.15) is 18.1 Å². The number of nitrogens with zero attached hydrogens (tertiary/aromatic N) is 2. The second kappa shape index (κ2) is 17.4. The molecule has 52 heavy (non-hydrogen) atoms. The molecule has 14 nitrogen and oxygen atoms in total. The summed E-state index contributed by atoms with van der Waals surface area (Å²) in [4.78, 5) is 96.3. The lowest BCUT2D eigenvalue weighted by Gasteiger charge is -2.38. The van der Waals surface area contributed by atoms with Crippen molar-refractivity contribution in [2.24, 2.45) is 22.7 Å². The third-order valence-electron chi connectivity index (χ3n) is 10.4. The lowest BCUT2D eigenvalue weighted by atomic mass is 9.85. The first-order valence-corrected chi connectivity index (χ1v) is 18.3. The third-order valence-corrected chi connectivity index (χ3v) is 10.4. The van der Waals surface area contributed by atoms with Crippen molar-refractivity contribution in [2.45, 2.75) is 111 Å². The number of amides is 7. The minimum Gasteiger partial charge on any atom is -0.347 e. The van der Waals surface area contributed by atoms with E-state index in [4.69, 9.17) is 0 Å². The Morgan fingerprint density at radius 2 is 1.58 bits per heavy atom. The average Bonchev–Trinajstić information content (AvgIpc) is 3.39. The lowest BCUT2D eigenvalue weighted by molar-refractivity contribution is -0.145. The molecule has 0 radical (unpaired) electrons. The molecular weight excluding hydrogens is 666 g/mol. The molecule has 1 aromatic rings. The van der Waals surface area contributed by atoms with E-state index >= 15 is 0 Å². The number of piperidine rings is 1. The van der Waals surface area contributed by atoms with E-state index < -0.39 is 71.6 Å². The van der Waals surface area contributed by atoms with Crippen LogP contribution in [0, 0.1) is 22.7 Å². The van der Waals surface area contributed by atoms with Crippen molar-refractivity contribution in [3.63, 3.8) is 0 Å². The fraction of sp³-hybridized carbons (Fsp3) is 0.658. The number of ketones is 1. The Bertz CT molecular complexity index is 1490. The Morgan fingerprint density at radius 3 is 2.13 bits per heavy atom. The van der Waals surface area contributed by atoms with Crippen LogP contribution in [0.2, 0.25) is 0 Å². The number of rotatable bonds is 16. The fourth-order valence-corrected chi connectivity index (χ4v) is 6.87. The standard InChI is InChI=1S/C38H59N7O7/c1-11-13-19-25(30(47)33(49)39-20-26(46)42-28(34(50)44(9)10)23-17-15-14-16-18-23)41-32(48)29-27-24(38(27,7)8)21-45(29)35(51)31(37(4,5)6)43-36(52)40-22(3)12-2/h14-18,22,24-25,27-29,31H,11-13,19-21H2,1-10H3,(H,39,49)(H,41,48)(H,42,46)(H2,40,43,52)/t22?,24-,25?,27?,28-,29-,31+/m0/s1. The molecule has 2 fully saturated rings. The molecular formula is C38H59N7O7. The van der Waals surface area contributed by atoms with Crippen LogP contribution >= 0.6 is 0 Å². The molecule has 3 rings (SSSR count). The molecule has 1 heterocycles. The Hall–Kier alpha value is -4.49. The van der Waals surface area contributed by atoms with Gasteiger partial charge in [-0.25, -0.2) is 4.79 Å². The molecule has 2 aliphatic rings. The molecule has 0 spiro atoms. The maximum absolute atomic E-state index is 14.2. The molecule has 7 amide bonds. The molecule has 288 valence electrons.